The molecule has 0 unspecified atom stereocenters. The van der Waals surface area contributed by atoms with Crippen LogP contribution in [0.25, 0.3) is 0 Å². The lowest BCUT2D eigenvalue weighted by Gasteiger charge is -2.42. The highest BCUT2D eigenvalue weighted by Gasteiger charge is 2.42. The van der Waals surface area contributed by atoms with Gasteiger partial charge < -0.3 is 10.7 Å². The molecule has 1 aliphatic carbocycles. The van der Waals surface area contributed by atoms with Gasteiger partial charge >= 0.3 is 0 Å². The predicted molar refractivity (Wildman–Crippen MR) is 77.8 cm³/mol. The third-order valence-corrected chi connectivity index (χ3v) is 6.28. The zero-order valence-corrected chi connectivity index (χ0v) is 13.0. The van der Waals surface area contributed by atoms with Crippen LogP contribution in [-0.2, 0) is 16.4 Å². The van der Waals surface area contributed by atoms with Gasteiger partial charge in [0.2, 0.25) is 0 Å². The Balaban J connectivity index is 2.32. The smallest absolute Gasteiger partial charge is 0.260 e. The molecule has 2 rings (SSSR count). The molecule has 3 N–H and O–H groups in total. The molecule has 0 amide bonds. The van der Waals surface area contributed by atoms with Gasteiger partial charge in [0.1, 0.15) is 5.82 Å². The highest BCUT2D eigenvalue weighted by molar-refractivity contribution is 7.89. The van der Waals surface area contributed by atoms with Crippen molar-refractivity contribution < 1.29 is 8.42 Å². The normalized spacial score (nSPS) is 19.4. The van der Waals surface area contributed by atoms with Crippen molar-refractivity contribution in [2.75, 3.05) is 13.6 Å². The van der Waals surface area contributed by atoms with Crippen LogP contribution in [0.3, 0.4) is 0 Å². The number of aromatic nitrogens is 2. The molecule has 0 radical (unpaired) electrons. The van der Waals surface area contributed by atoms with E-state index in [1.165, 1.54) is 10.5 Å². The average molecular weight is 300 g/mol. The van der Waals surface area contributed by atoms with Crippen LogP contribution >= 0.6 is 0 Å². The molecular weight excluding hydrogens is 276 g/mol. The second kappa shape index (κ2) is 5.83. The number of hydrogen-bond acceptors (Lipinski definition) is 4. The lowest BCUT2D eigenvalue weighted by Crippen LogP contribution is -2.55. The van der Waals surface area contributed by atoms with Gasteiger partial charge in [-0.05, 0) is 12.8 Å². The van der Waals surface area contributed by atoms with Crippen molar-refractivity contribution in [3.63, 3.8) is 0 Å². The molecule has 7 heteroatoms. The van der Waals surface area contributed by atoms with Crippen LogP contribution in [0.4, 0.5) is 0 Å². The molecule has 0 atom stereocenters. The van der Waals surface area contributed by atoms with E-state index in [9.17, 15) is 8.42 Å². The predicted octanol–water partition coefficient (Wildman–Crippen LogP) is 1.25. The summed E-state index contributed by atoms with van der Waals surface area (Å²) in [6.45, 7) is 2.29. The number of aryl methyl sites for hydroxylation is 1. The number of nitrogens with one attached hydrogen (secondary N) is 1. The Morgan fingerprint density at radius 1 is 1.40 bits per heavy atom. The first kappa shape index (κ1) is 15.5. The van der Waals surface area contributed by atoms with E-state index in [1.54, 1.807) is 7.05 Å². The van der Waals surface area contributed by atoms with Gasteiger partial charge in [-0.15, -0.1) is 0 Å². The molecule has 1 aliphatic rings. The van der Waals surface area contributed by atoms with E-state index in [1.807, 2.05) is 6.92 Å². The second-order valence-electron chi connectivity index (χ2n) is 5.51. The molecule has 20 heavy (non-hydrogen) atoms. The second-order valence-corrected chi connectivity index (χ2v) is 7.45. The number of nitrogens with two attached hydrogens (primary N) is 1. The average Bonchev–Trinajstić information content (AvgIpc) is 2.97. The van der Waals surface area contributed by atoms with E-state index < -0.39 is 15.6 Å². The SMILES string of the molecule is CCc1ncc(S(=O)(=O)N(C)C2(CN)CCCCC2)[nH]1. The standard InChI is InChI=1S/C13H24N4O2S/c1-3-11-15-9-12(16-11)20(18,19)17(2)13(10-14)7-5-4-6-8-13/h9H,3-8,10,14H2,1-2H3,(H,15,16). The first-order valence-corrected chi connectivity index (χ1v) is 8.63. The minimum atomic E-state index is -3.56. The lowest BCUT2D eigenvalue weighted by atomic mass is 9.82. The van der Waals surface area contributed by atoms with E-state index in [-0.39, 0.29) is 5.03 Å². The number of H-pyrrole nitrogens is 1. The van der Waals surface area contributed by atoms with Gasteiger partial charge in [-0.2, -0.15) is 4.31 Å². The van der Waals surface area contributed by atoms with Crippen molar-refractivity contribution in [3.8, 4) is 0 Å². The molecule has 0 aliphatic heterocycles. The maximum atomic E-state index is 12.7. The van der Waals surface area contributed by atoms with Crippen LogP contribution in [0.5, 0.6) is 0 Å². The maximum Gasteiger partial charge on any atom is 0.260 e. The first-order valence-electron chi connectivity index (χ1n) is 7.19. The monoisotopic (exact) mass is 300 g/mol. The summed E-state index contributed by atoms with van der Waals surface area (Å²) < 4.78 is 26.9. The number of sulfonamides is 1. The van der Waals surface area contributed by atoms with Crippen molar-refractivity contribution in [1.29, 1.82) is 0 Å². The molecule has 0 spiro atoms. The molecule has 1 aromatic rings. The van der Waals surface area contributed by atoms with Gasteiger partial charge in [0.15, 0.2) is 5.03 Å². The minimum absolute atomic E-state index is 0.162. The summed E-state index contributed by atoms with van der Waals surface area (Å²) in [5.74, 6) is 0.683. The molecule has 1 saturated carbocycles. The van der Waals surface area contributed by atoms with Crippen LogP contribution in [0.1, 0.15) is 44.9 Å². The molecule has 0 bridgehead atoms. The van der Waals surface area contributed by atoms with Crippen LogP contribution < -0.4 is 5.73 Å². The zero-order chi connectivity index (χ0) is 14.8. The number of rotatable bonds is 5. The number of aromatic amines is 1. The quantitative estimate of drug-likeness (QED) is 0.856. The Hall–Kier alpha value is -0.920. The van der Waals surface area contributed by atoms with E-state index in [0.717, 1.165) is 32.1 Å². The van der Waals surface area contributed by atoms with Crippen LogP contribution in [0.15, 0.2) is 11.2 Å². The number of nitrogens with zero attached hydrogens (tertiary/aromatic N) is 2. The molecule has 1 heterocycles. The van der Waals surface area contributed by atoms with Gasteiger partial charge in [0, 0.05) is 25.6 Å². The number of imidazole rings is 1. The van der Waals surface area contributed by atoms with Crippen molar-refractivity contribution in [3.05, 3.63) is 12.0 Å². The summed E-state index contributed by atoms with van der Waals surface area (Å²) in [7, 11) is -1.92. The number of hydrogen-bond donors (Lipinski definition) is 2. The third kappa shape index (κ3) is 2.62. The van der Waals surface area contributed by atoms with Gasteiger partial charge in [0.25, 0.3) is 10.0 Å². The fourth-order valence-electron chi connectivity index (χ4n) is 2.91. The van der Waals surface area contributed by atoms with Gasteiger partial charge in [-0.1, -0.05) is 26.2 Å². The summed E-state index contributed by atoms with van der Waals surface area (Å²) in [5, 5.41) is 0.162. The van der Waals surface area contributed by atoms with E-state index in [2.05, 4.69) is 9.97 Å². The van der Waals surface area contributed by atoms with Gasteiger partial charge in [0.05, 0.1) is 6.20 Å². The summed E-state index contributed by atoms with van der Waals surface area (Å²) in [6, 6.07) is 0. The molecule has 6 nitrogen and oxygen atoms in total. The summed E-state index contributed by atoms with van der Waals surface area (Å²) in [5.41, 5.74) is 5.46. The van der Waals surface area contributed by atoms with Crippen molar-refractivity contribution in [2.45, 2.75) is 56.0 Å². The fraction of sp³-hybridized carbons (Fsp3) is 0.769. The minimum Gasteiger partial charge on any atom is -0.332 e. The Labute approximate surface area is 120 Å². The lowest BCUT2D eigenvalue weighted by molar-refractivity contribution is 0.159. The first-order chi connectivity index (χ1) is 9.46. The molecule has 114 valence electrons. The van der Waals surface area contributed by atoms with Gasteiger partial charge in [-0.25, -0.2) is 13.4 Å². The summed E-state index contributed by atoms with van der Waals surface area (Å²) in [4.78, 5) is 6.97. The molecule has 1 aromatic heterocycles. The molecule has 0 saturated heterocycles. The maximum absolute atomic E-state index is 12.7. The Bertz CT molecular complexity index is 546. The van der Waals surface area contributed by atoms with Crippen LogP contribution in [0, 0.1) is 0 Å². The van der Waals surface area contributed by atoms with E-state index in [0.29, 0.717) is 18.8 Å². The Morgan fingerprint density at radius 3 is 2.55 bits per heavy atom. The molecular formula is C13H24N4O2S. The van der Waals surface area contributed by atoms with Crippen LogP contribution in [-0.4, -0.2) is 41.8 Å². The Kier molecular flexibility index (Phi) is 4.51. The van der Waals surface area contributed by atoms with Crippen molar-refractivity contribution in [1.82, 2.24) is 14.3 Å². The highest BCUT2D eigenvalue weighted by atomic mass is 32.2. The zero-order valence-electron chi connectivity index (χ0n) is 12.2. The number of likely N-dealkylation sites (N-methyl/N-ethyl adjacent to an activating group) is 1. The Morgan fingerprint density at radius 2 is 2.05 bits per heavy atom. The van der Waals surface area contributed by atoms with E-state index >= 15 is 0 Å². The van der Waals surface area contributed by atoms with E-state index in [4.69, 9.17) is 5.73 Å². The molecule has 1 fully saturated rings. The largest absolute Gasteiger partial charge is 0.332 e. The third-order valence-electron chi connectivity index (χ3n) is 4.41. The van der Waals surface area contributed by atoms with Crippen LogP contribution in [0.2, 0.25) is 0 Å². The summed E-state index contributed by atoms with van der Waals surface area (Å²) in [6.07, 6.45) is 6.95. The fourth-order valence-corrected chi connectivity index (χ4v) is 4.41. The summed E-state index contributed by atoms with van der Waals surface area (Å²) >= 11 is 0. The van der Waals surface area contributed by atoms with Crippen molar-refractivity contribution >= 4 is 10.0 Å². The van der Waals surface area contributed by atoms with Gasteiger partial charge in [-0.3, -0.25) is 0 Å². The van der Waals surface area contributed by atoms with Crippen molar-refractivity contribution in [2.24, 2.45) is 5.73 Å². The highest BCUT2D eigenvalue weighted by Crippen LogP contribution is 2.35. The molecule has 0 aromatic carbocycles. The topological polar surface area (TPSA) is 92.1 Å².